The highest BCUT2D eigenvalue weighted by molar-refractivity contribution is 6.30. The van der Waals surface area contributed by atoms with Gasteiger partial charge in [-0.3, -0.25) is 52.9 Å². The lowest BCUT2D eigenvalue weighted by Crippen LogP contribution is -2.50. The van der Waals surface area contributed by atoms with Crippen molar-refractivity contribution in [1.82, 2.24) is 34.8 Å². The zero-order chi connectivity index (χ0) is 51.1. The lowest BCUT2D eigenvalue weighted by atomic mass is 10.1. The Balaban J connectivity index is 1.37. The summed E-state index contributed by atoms with van der Waals surface area (Å²) in [6, 6.07) is 12.1. The lowest BCUT2D eigenvalue weighted by molar-refractivity contribution is -0.158. The number of nitrogens with zero attached hydrogens (tertiary/aromatic N) is 5. The number of carbonyl (C=O) groups excluding carboxylic acids is 6. The third-order valence-electron chi connectivity index (χ3n) is 11.0. The largest absolute Gasteiger partial charge is 0.497 e. The number of amides is 2. The first kappa shape index (κ1) is 56.5. The molecule has 1 fully saturated rings. The van der Waals surface area contributed by atoms with Crippen LogP contribution in [0.3, 0.4) is 0 Å². The number of carbonyl (C=O) groups is 6. The first-order chi connectivity index (χ1) is 32.3. The second kappa shape index (κ2) is 25.7. The molecule has 0 bridgehead atoms. The minimum atomic E-state index is -0.668. The molecule has 382 valence electrons. The van der Waals surface area contributed by atoms with E-state index >= 15 is 0 Å². The molecule has 0 atom stereocenters. The van der Waals surface area contributed by atoms with Crippen LogP contribution in [0.4, 0.5) is 0 Å². The van der Waals surface area contributed by atoms with Gasteiger partial charge in [0.25, 0.3) is 5.91 Å². The molecule has 17 nitrogen and oxygen atoms in total. The normalized spacial score (nSPS) is 15.4. The number of esters is 3. The van der Waals surface area contributed by atoms with Crippen molar-refractivity contribution in [3.05, 3.63) is 64.3 Å². The molecule has 0 radical (unpaired) electrons. The molecule has 69 heavy (non-hydrogen) atoms. The standard InChI is InChI=1S/C51H76ClN7O10/c1-36-40(41-30-39(66-11)18-19-42(41)59(36)48(65)37-14-16-38(52)17-15-37)31-43(60)53-20-12-13-21-54-44(61)32-55-22-24-56(33-45(62)67-49(2,3)4)26-28-58(35-47(64)69-51(8,9)10)29-27-57(25-23-55)34-46(63)68-50(5,6)7/h14-19,30H,12-13,20-29,31-35H2,1-11H3,(H,53,60)(H,54,61). The first-order valence-corrected chi connectivity index (χ1v) is 24.2. The molecule has 2 heterocycles. The molecule has 2 N–H and O–H groups in total. The molecule has 0 unspecified atom stereocenters. The number of rotatable bonds is 17. The monoisotopic (exact) mass is 982 g/mol. The Bertz CT molecular complexity index is 2180. The number of unbranched alkanes of at least 4 members (excludes halogenated alkanes) is 1. The van der Waals surface area contributed by atoms with Gasteiger partial charge in [0, 0.05) is 87.1 Å². The summed E-state index contributed by atoms with van der Waals surface area (Å²) in [5.41, 5.74) is 0.512. The van der Waals surface area contributed by atoms with Gasteiger partial charge in [0.1, 0.15) is 22.6 Å². The van der Waals surface area contributed by atoms with Crippen LogP contribution in [0.5, 0.6) is 5.75 Å². The van der Waals surface area contributed by atoms with Gasteiger partial charge in [0.15, 0.2) is 0 Å². The summed E-state index contributed by atoms with van der Waals surface area (Å²) in [4.78, 5) is 87.6. The van der Waals surface area contributed by atoms with E-state index in [0.717, 1.165) is 10.9 Å². The van der Waals surface area contributed by atoms with Gasteiger partial charge in [-0.25, -0.2) is 0 Å². The molecule has 2 amide bonds. The average molecular weight is 983 g/mol. The fourth-order valence-electron chi connectivity index (χ4n) is 7.86. The van der Waals surface area contributed by atoms with E-state index in [1.165, 1.54) is 0 Å². The first-order valence-electron chi connectivity index (χ1n) is 23.9. The summed E-state index contributed by atoms with van der Waals surface area (Å²) in [6.45, 7) is 22.7. The van der Waals surface area contributed by atoms with Crippen LogP contribution in [-0.2, 0) is 44.6 Å². The Morgan fingerprint density at radius 1 is 0.580 bits per heavy atom. The van der Waals surface area contributed by atoms with E-state index in [4.69, 9.17) is 30.5 Å². The molecule has 0 spiro atoms. The Kier molecular flexibility index (Phi) is 21.0. The lowest BCUT2D eigenvalue weighted by Gasteiger charge is -2.34. The summed E-state index contributed by atoms with van der Waals surface area (Å²) in [5.74, 6) is -1.12. The van der Waals surface area contributed by atoms with Crippen LogP contribution >= 0.6 is 11.6 Å². The van der Waals surface area contributed by atoms with Gasteiger partial charge in [0.05, 0.1) is 45.2 Å². The van der Waals surface area contributed by atoms with Crippen molar-refractivity contribution in [2.75, 3.05) is 98.7 Å². The van der Waals surface area contributed by atoms with Crippen LogP contribution in [0, 0.1) is 6.92 Å². The van der Waals surface area contributed by atoms with E-state index in [1.54, 1.807) is 42.0 Å². The molecule has 4 rings (SSSR count). The minimum absolute atomic E-state index is 0.0284. The van der Waals surface area contributed by atoms with Crippen LogP contribution in [0.2, 0.25) is 5.02 Å². The Morgan fingerprint density at radius 2 is 0.986 bits per heavy atom. The summed E-state index contributed by atoms with van der Waals surface area (Å²) in [5, 5.41) is 7.28. The number of aromatic nitrogens is 1. The van der Waals surface area contributed by atoms with Crippen LogP contribution in [-0.4, -0.2) is 175 Å². The van der Waals surface area contributed by atoms with Gasteiger partial charge in [-0.1, -0.05) is 11.6 Å². The SMILES string of the molecule is COc1ccc2c(c1)c(CC(=O)NCCCCNC(=O)CN1CCN(CC(=O)OC(C)(C)C)CCN(CC(=O)OC(C)(C)C)CCN(CC(=O)OC(C)(C)C)CC1)c(C)n2C(=O)c1ccc(Cl)cc1. The second-order valence-electron chi connectivity index (χ2n) is 20.5. The number of benzene rings is 2. The predicted octanol–water partition coefficient (Wildman–Crippen LogP) is 5.10. The van der Waals surface area contributed by atoms with Gasteiger partial charge in [-0.2, -0.15) is 0 Å². The number of ether oxygens (including phenoxy) is 4. The molecular formula is C51H76ClN7O10. The average Bonchev–Trinajstić information content (AvgIpc) is 3.49. The van der Waals surface area contributed by atoms with Gasteiger partial charge in [0.2, 0.25) is 11.8 Å². The molecule has 1 aliphatic heterocycles. The fourth-order valence-corrected chi connectivity index (χ4v) is 7.99. The van der Waals surface area contributed by atoms with Crippen molar-refractivity contribution in [3.63, 3.8) is 0 Å². The third kappa shape index (κ3) is 20.1. The molecule has 18 heteroatoms. The van der Waals surface area contributed by atoms with Gasteiger partial charge in [-0.05, 0) is 130 Å². The molecule has 0 aliphatic carbocycles. The van der Waals surface area contributed by atoms with Crippen LogP contribution in [0.1, 0.15) is 96.8 Å². The zero-order valence-electron chi connectivity index (χ0n) is 42.8. The number of hydrogen-bond donors (Lipinski definition) is 2. The summed E-state index contributed by atoms with van der Waals surface area (Å²) in [7, 11) is 1.57. The highest BCUT2D eigenvalue weighted by Crippen LogP contribution is 2.31. The number of fused-ring (bicyclic) bond motifs is 1. The summed E-state index contributed by atoms with van der Waals surface area (Å²) < 4.78 is 24.1. The Morgan fingerprint density at radius 3 is 1.39 bits per heavy atom. The molecular weight excluding hydrogens is 906 g/mol. The Labute approximate surface area is 413 Å². The van der Waals surface area contributed by atoms with Crippen molar-refractivity contribution in [3.8, 4) is 5.75 Å². The van der Waals surface area contributed by atoms with Crippen molar-refractivity contribution >= 4 is 58.1 Å². The highest BCUT2D eigenvalue weighted by atomic mass is 35.5. The molecule has 0 saturated carbocycles. The molecule has 3 aromatic rings. The van der Waals surface area contributed by atoms with Crippen molar-refractivity contribution in [2.45, 2.75) is 105 Å². The van der Waals surface area contributed by atoms with E-state index < -0.39 is 16.8 Å². The van der Waals surface area contributed by atoms with Gasteiger partial charge < -0.3 is 29.6 Å². The number of nitrogens with one attached hydrogen (secondary N) is 2. The summed E-state index contributed by atoms with van der Waals surface area (Å²) >= 11 is 6.08. The molecule has 1 aliphatic rings. The minimum Gasteiger partial charge on any atom is -0.497 e. The van der Waals surface area contributed by atoms with E-state index in [9.17, 15) is 28.8 Å². The smallest absolute Gasteiger partial charge is 0.320 e. The van der Waals surface area contributed by atoms with E-state index in [-0.39, 0.29) is 68.2 Å². The number of halogens is 1. The number of hydrogen-bond acceptors (Lipinski definition) is 14. The van der Waals surface area contributed by atoms with E-state index in [0.29, 0.717) is 106 Å². The van der Waals surface area contributed by atoms with Crippen LogP contribution in [0.25, 0.3) is 10.9 Å². The van der Waals surface area contributed by atoms with Gasteiger partial charge >= 0.3 is 17.9 Å². The molecule has 1 saturated heterocycles. The third-order valence-corrected chi connectivity index (χ3v) is 11.3. The highest BCUT2D eigenvalue weighted by Gasteiger charge is 2.27. The quantitative estimate of drug-likeness (QED) is 0.104. The summed E-state index contributed by atoms with van der Waals surface area (Å²) in [6.07, 6.45) is 1.28. The molecule has 2 aromatic carbocycles. The van der Waals surface area contributed by atoms with Crippen molar-refractivity contribution in [2.24, 2.45) is 0 Å². The zero-order valence-corrected chi connectivity index (χ0v) is 43.5. The second-order valence-corrected chi connectivity index (χ2v) is 21.0. The maximum absolute atomic E-state index is 13.7. The number of methoxy groups -OCH3 is 1. The van der Waals surface area contributed by atoms with Crippen LogP contribution in [0.15, 0.2) is 42.5 Å². The molecule has 1 aromatic heterocycles. The maximum atomic E-state index is 13.7. The van der Waals surface area contributed by atoms with Crippen LogP contribution < -0.4 is 15.4 Å². The maximum Gasteiger partial charge on any atom is 0.320 e. The van der Waals surface area contributed by atoms with Crippen molar-refractivity contribution in [1.29, 1.82) is 0 Å². The van der Waals surface area contributed by atoms with Crippen molar-refractivity contribution < 1.29 is 47.7 Å². The Hall–Kier alpha value is -5.07. The predicted molar refractivity (Wildman–Crippen MR) is 267 cm³/mol. The van der Waals surface area contributed by atoms with E-state index in [1.807, 2.05) is 101 Å². The fraction of sp³-hybridized carbons (Fsp3) is 0.608. The van der Waals surface area contributed by atoms with Gasteiger partial charge in [-0.15, -0.1) is 0 Å². The van der Waals surface area contributed by atoms with E-state index in [2.05, 4.69) is 10.6 Å². The topological polar surface area (TPSA) is 181 Å².